The van der Waals surface area contributed by atoms with Gasteiger partial charge in [-0.2, -0.15) is 9.78 Å². The molecule has 0 bridgehead atoms. The first-order chi connectivity index (χ1) is 13.4. The van der Waals surface area contributed by atoms with Gasteiger partial charge in [0.05, 0.1) is 17.6 Å². The molecule has 0 radical (unpaired) electrons. The van der Waals surface area contributed by atoms with Crippen molar-refractivity contribution in [3.05, 3.63) is 50.4 Å². The summed E-state index contributed by atoms with van der Waals surface area (Å²) in [6.45, 7) is 5.25. The van der Waals surface area contributed by atoms with Crippen LogP contribution in [0.25, 0.3) is 5.69 Å². The molecule has 2 aromatic rings. The van der Waals surface area contributed by atoms with E-state index in [9.17, 15) is 9.59 Å². The van der Waals surface area contributed by atoms with Gasteiger partial charge in [-0.25, -0.2) is 0 Å². The first-order valence-electron chi connectivity index (χ1n) is 9.49. The molecule has 1 aromatic heterocycles. The van der Waals surface area contributed by atoms with Gasteiger partial charge in [-0.3, -0.25) is 9.59 Å². The number of nitrogens with zero attached hydrogens (tertiary/aromatic N) is 3. The molecule has 1 saturated heterocycles. The van der Waals surface area contributed by atoms with Crippen molar-refractivity contribution >= 4 is 34.8 Å². The summed E-state index contributed by atoms with van der Waals surface area (Å²) in [6, 6.07) is 5.36. The molecule has 2 heterocycles. The number of rotatable bonds is 5. The topological polar surface area (TPSA) is 67.2 Å². The van der Waals surface area contributed by atoms with E-state index in [4.69, 9.17) is 23.2 Å². The Bertz CT molecular complexity index is 929. The highest BCUT2D eigenvalue weighted by Crippen LogP contribution is 2.26. The van der Waals surface area contributed by atoms with Crippen molar-refractivity contribution in [3.63, 3.8) is 0 Å². The normalized spacial score (nSPS) is 16.9. The molecule has 0 aliphatic carbocycles. The third-order valence-electron chi connectivity index (χ3n) is 4.90. The van der Waals surface area contributed by atoms with Gasteiger partial charge < -0.3 is 10.2 Å². The number of nitrogens with one attached hydrogen (secondary N) is 1. The molecular formula is C20H24Cl2N4O2. The molecular weight excluding hydrogens is 399 g/mol. The summed E-state index contributed by atoms with van der Waals surface area (Å²) in [7, 11) is 0. The van der Waals surface area contributed by atoms with E-state index in [1.54, 1.807) is 18.3 Å². The maximum atomic E-state index is 12.8. The number of anilines is 1. The number of aromatic nitrogens is 2. The Labute approximate surface area is 174 Å². The van der Waals surface area contributed by atoms with Crippen LogP contribution in [0.4, 0.5) is 5.69 Å². The first-order valence-corrected chi connectivity index (χ1v) is 10.2. The van der Waals surface area contributed by atoms with Crippen molar-refractivity contribution < 1.29 is 4.79 Å². The highest BCUT2D eigenvalue weighted by Gasteiger charge is 2.24. The van der Waals surface area contributed by atoms with Crippen molar-refractivity contribution in [3.8, 4) is 5.69 Å². The van der Waals surface area contributed by atoms with E-state index in [2.05, 4.69) is 10.4 Å². The Balaban J connectivity index is 1.83. The lowest BCUT2D eigenvalue weighted by atomic mass is 10.0. The number of benzene rings is 1. The second-order valence-corrected chi connectivity index (χ2v) is 7.88. The molecule has 1 aliphatic rings. The van der Waals surface area contributed by atoms with Crippen LogP contribution >= 0.6 is 23.2 Å². The molecule has 28 heavy (non-hydrogen) atoms. The molecule has 1 aliphatic heterocycles. The van der Waals surface area contributed by atoms with Crippen LogP contribution in [0.15, 0.2) is 29.2 Å². The fourth-order valence-electron chi connectivity index (χ4n) is 3.38. The maximum absolute atomic E-state index is 12.8. The van der Waals surface area contributed by atoms with E-state index >= 15 is 0 Å². The van der Waals surface area contributed by atoms with E-state index in [0.717, 1.165) is 31.4 Å². The van der Waals surface area contributed by atoms with Crippen molar-refractivity contribution in [2.24, 2.45) is 0 Å². The van der Waals surface area contributed by atoms with Gasteiger partial charge in [0, 0.05) is 30.6 Å². The molecule has 1 N–H and O–H groups in total. The predicted octanol–water partition coefficient (Wildman–Crippen LogP) is 3.73. The van der Waals surface area contributed by atoms with Crippen molar-refractivity contribution in [1.29, 1.82) is 0 Å². The summed E-state index contributed by atoms with van der Waals surface area (Å²) in [5.41, 5.74) is 1.69. The van der Waals surface area contributed by atoms with Crippen LogP contribution in [0, 0.1) is 6.92 Å². The van der Waals surface area contributed by atoms with Crippen LogP contribution in [-0.2, 0) is 4.79 Å². The average molecular weight is 423 g/mol. The van der Waals surface area contributed by atoms with E-state index < -0.39 is 5.56 Å². The van der Waals surface area contributed by atoms with Gasteiger partial charge in [-0.05, 0) is 43.9 Å². The lowest BCUT2D eigenvalue weighted by Gasteiger charge is -2.35. The van der Waals surface area contributed by atoms with Crippen LogP contribution in [0.2, 0.25) is 10.0 Å². The quantitative estimate of drug-likeness (QED) is 0.796. The number of aryl methyl sites for hydroxylation is 1. The molecule has 1 unspecified atom stereocenters. The van der Waals surface area contributed by atoms with Gasteiger partial charge in [0.25, 0.3) is 5.56 Å². The Hall–Kier alpha value is -2.05. The SMILES string of the molecule is CCCC(=O)NC1CCCN(c2cnn(-c3ccc(C)c(Cl)c3)c(=O)c2Cl)C1. The minimum Gasteiger partial charge on any atom is -0.367 e. The molecule has 1 aromatic carbocycles. The number of amides is 1. The molecule has 1 fully saturated rings. The van der Waals surface area contributed by atoms with Gasteiger partial charge in [0.15, 0.2) is 0 Å². The molecule has 3 rings (SSSR count). The summed E-state index contributed by atoms with van der Waals surface area (Å²) in [5.74, 6) is 0.0604. The van der Waals surface area contributed by atoms with E-state index in [1.807, 2.05) is 24.8 Å². The lowest BCUT2D eigenvalue weighted by molar-refractivity contribution is -0.121. The molecule has 0 saturated carbocycles. The maximum Gasteiger partial charge on any atom is 0.292 e. The van der Waals surface area contributed by atoms with Gasteiger partial charge in [0.1, 0.15) is 5.02 Å². The summed E-state index contributed by atoms with van der Waals surface area (Å²) in [6.07, 6.45) is 4.76. The number of piperidine rings is 1. The van der Waals surface area contributed by atoms with Gasteiger partial charge in [0.2, 0.25) is 5.91 Å². The van der Waals surface area contributed by atoms with Gasteiger partial charge in [-0.1, -0.05) is 36.2 Å². The molecule has 150 valence electrons. The van der Waals surface area contributed by atoms with Crippen LogP contribution < -0.4 is 15.8 Å². The highest BCUT2D eigenvalue weighted by molar-refractivity contribution is 6.33. The van der Waals surface area contributed by atoms with E-state index in [1.165, 1.54) is 4.68 Å². The smallest absolute Gasteiger partial charge is 0.292 e. The van der Waals surface area contributed by atoms with Crippen LogP contribution in [0.3, 0.4) is 0 Å². The standard InChI is InChI=1S/C20H24Cl2N4O2/c1-3-5-18(27)24-14-6-4-9-25(12-14)17-11-23-26(20(28)19(17)22)15-8-7-13(2)16(21)10-15/h7-8,10-11,14H,3-6,9,12H2,1-2H3,(H,24,27). The number of hydrogen-bond acceptors (Lipinski definition) is 4. The Morgan fingerprint density at radius 2 is 2.14 bits per heavy atom. The summed E-state index contributed by atoms with van der Waals surface area (Å²) < 4.78 is 1.25. The first kappa shape index (κ1) is 20.7. The average Bonchev–Trinajstić information content (AvgIpc) is 2.66. The van der Waals surface area contributed by atoms with Crippen molar-refractivity contribution in [2.75, 3.05) is 18.0 Å². The molecule has 1 amide bonds. The molecule has 6 nitrogen and oxygen atoms in total. The summed E-state index contributed by atoms with van der Waals surface area (Å²) >= 11 is 12.6. The van der Waals surface area contributed by atoms with E-state index in [-0.39, 0.29) is 17.0 Å². The highest BCUT2D eigenvalue weighted by atomic mass is 35.5. The van der Waals surface area contributed by atoms with E-state index in [0.29, 0.717) is 29.4 Å². The number of carbonyl (C=O) groups excluding carboxylic acids is 1. The lowest BCUT2D eigenvalue weighted by Crippen LogP contribution is -2.48. The van der Waals surface area contributed by atoms with Crippen molar-refractivity contribution in [1.82, 2.24) is 15.1 Å². The third kappa shape index (κ3) is 4.50. The Morgan fingerprint density at radius 1 is 1.36 bits per heavy atom. The molecule has 0 spiro atoms. The minimum absolute atomic E-state index is 0.0437. The third-order valence-corrected chi connectivity index (χ3v) is 5.67. The van der Waals surface area contributed by atoms with Gasteiger partial charge >= 0.3 is 0 Å². The zero-order chi connectivity index (χ0) is 20.3. The number of hydrogen-bond donors (Lipinski definition) is 1. The van der Waals surface area contributed by atoms with Crippen molar-refractivity contribution in [2.45, 2.75) is 45.6 Å². The zero-order valence-corrected chi connectivity index (χ0v) is 17.6. The summed E-state index contributed by atoms with van der Waals surface area (Å²) in [4.78, 5) is 26.7. The predicted molar refractivity (Wildman–Crippen MR) is 113 cm³/mol. The van der Waals surface area contributed by atoms with Crippen LogP contribution in [-0.4, -0.2) is 34.8 Å². The fourth-order valence-corrected chi connectivity index (χ4v) is 3.81. The minimum atomic E-state index is -0.392. The van der Waals surface area contributed by atoms with Crippen LogP contribution in [0.5, 0.6) is 0 Å². The fraction of sp³-hybridized carbons (Fsp3) is 0.450. The number of halogens is 2. The second-order valence-electron chi connectivity index (χ2n) is 7.10. The Kier molecular flexibility index (Phi) is 6.62. The van der Waals surface area contributed by atoms with Crippen LogP contribution in [0.1, 0.15) is 38.2 Å². The van der Waals surface area contributed by atoms with Gasteiger partial charge in [-0.15, -0.1) is 0 Å². The Morgan fingerprint density at radius 3 is 2.86 bits per heavy atom. The molecule has 8 heteroatoms. The largest absolute Gasteiger partial charge is 0.367 e. The monoisotopic (exact) mass is 422 g/mol. The second kappa shape index (κ2) is 8.97. The molecule has 1 atom stereocenters. The zero-order valence-electron chi connectivity index (χ0n) is 16.0. The summed E-state index contributed by atoms with van der Waals surface area (Å²) in [5, 5.41) is 8.04. The number of carbonyl (C=O) groups is 1.